The maximum absolute atomic E-state index is 12.7. The van der Waals surface area contributed by atoms with Gasteiger partial charge in [-0.25, -0.2) is 0 Å². The lowest BCUT2D eigenvalue weighted by Gasteiger charge is -2.38. The van der Waals surface area contributed by atoms with Gasteiger partial charge in [0.2, 0.25) is 5.91 Å². The summed E-state index contributed by atoms with van der Waals surface area (Å²) < 4.78 is 28.4. The molecule has 2 N–H and O–H groups in total. The lowest BCUT2D eigenvalue weighted by Crippen LogP contribution is -2.55. The number of nitrogens with two attached hydrogens (primary N) is 1. The summed E-state index contributed by atoms with van der Waals surface area (Å²) in [6.07, 6.45) is 5.33. The summed E-state index contributed by atoms with van der Waals surface area (Å²) in [6, 6.07) is 0.132. The summed E-state index contributed by atoms with van der Waals surface area (Å²) in [6.45, 7) is 2.16. The van der Waals surface area contributed by atoms with Crippen LogP contribution in [0, 0.1) is 0 Å². The van der Waals surface area contributed by atoms with Crippen LogP contribution in [0.2, 0.25) is 0 Å². The van der Waals surface area contributed by atoms with Gasteiger partial charge in [-0.2, -0.15) is 17.0 Å². The van der Waals surface area contributed by atoms with Crippen molar-refractivity contribution in [2.75, 3.05) is 39.8 Å². The lowest BCUT2D eigenvalue weighted by molar-refractivity contribution is -0.119. The van der Waals surface area contributed by atoms with Crippen molar-refractivity contribution in [1.82, 2.24) is 13.5 Å². The van der Waals surface area contributed by atoms with E-state index in [1.54, 1.807) is 11.4 Å². The molecule has 1 saturated heterocycles. The van der Waals surface area contributed by atoms with Crippen LogP contribution in [0.5, 0.6) is 0 Å². The van der Waals surface area contributed by atoms with E-state index in [0.29, 0.717) is 26.2 Å². The van der Waals surface area contributed by atoms with E-state index in [2.05, 4.69) is 0 Å². The average Bonchev–Trinajstić information content (AvgIpc) is 2.47. The van der Waals surface area contributed by atoms with Crippen molar-refractivity contribution in [3.63, 3.8) is 0 Å². The molecule has 0 aromatic heterocycles. The van der Waals surface area contributed by atoms with Crippen molar-refractivity contribution in [2.45, 2.75) is 38.1 Å². The van der Waals surface area contributed by atoms with E-state index < -0.39 is 10.2 Å². The molecule has 1 heterocycles. The van der Waals surface area contributed by atoms with Crippen LogP contribution in [-0.4, -0.2) is 73.6 Å². The first kappa shape index (κ1) is 16.7. The summed E-state index contributed by atoms with van der Waals surface area (Å²) in [4.78, 5) is 12.8. The molecule has 1 amide bonds. The van der Waals surface area contributed by atoms with Crippen LogP contribution in [0.3, 0.4) is 0 Å². The molecule has 2 aliphatic rings. The van der Waals surface area contributed by atoms with Crippen LogP contribution < -0.4 is 5.73 Å². The van der Waals surface area contributed by atoms with Crippen molar-refractivity contribution in [2.24, 2.45) is 5.73 Å². The van der Waals surface area contributed by atoms with E-state index in [4.69, 9.17) is 5.73 Å². The SMILES string of the molecule is CN(C1CCCCC1)S(=O)(=O)N1CCN(CC(N)=O)CC1. The molecule has 2 fully saturated rings. The Labute approximate surface area is 127 Å². The molecule has 0 unspecified atom stereocenters. The summed E-state index contributed by atoms with van der Waals surface area (Å²) in [5.74, 6) is -0.370. The van der Waals surface area contributed by atoms with Crippen LogP contribution in [0.1, 0.15) is 32.1 Å². The Morgan fingerprint density at radius 2 is 1.71 bits per heavy atom. The third-order valence-electron chi connectivity index (χ3n) is 4.49. The van der Waals surface area contributed by atoms with E-state index in [0.717, 1.165) is 25.7 Å². The molecule has 0 spiro atoms. The van der Waals surface area contributed by atoms with Crippen molar-refractivity contribution < 1.29 is 13.2 Å². The molecule has 0 bridgehead atoms. The molecular formula is C13H26N4O3S. The first-order chi connectivity index (χ1) is 9.91. The molecule has 1 aliphatic carbocycles. The Morgan fingerprint density at radius 3 is 2.24 bits per heavy atom. The first-order valence-electron chi connectivity index (χ1n) is 7.65. The Kier molecular flexibility index (Phi) is 5.59. The maximum Gasteiger partial charge on any atom is 0.282 e. The number of hydrogen-bond donors (Lipinski definition) is 1. The minimum Gasteiger partial charge on any atom is -0.369 e. The molecule has 0 radical (unpaired) electrons. The largest absolute Gasteiger partial charge is 0.369 e. The maximum atomic E-state index is 12.7. The van der Waals surface area contributed by atoms with Crippen LogP contribution in [0.4, 0.5) is 0 Å². The molecule has 0 aromatic rings. The summed E-state index contributed by atoms with van der Waals surface area (Å²) in [7, 11) is -1.69. The summed E-state index contributed by atoms with van der Waals surface area (Å²) in [5.41, 5.74) is 5.17. The normalized spacial score (nSPS) is 23.5. The van der Waals surface area contributed by atoms with Gasteiger partial charge in [0, 0.05) is 39.3 Å². The predicted octanol–water partition coefficient (Wildman–Crippen LogP) is -0.401. The molecule has 8 heteroatoms. The predicted molar refractivity (Wildman–Crippen MR) is 80.8 cm³/mol. The Balaban J connectivity index is 1.92. The zero-order valence-corrected chi connectivity index (χ0v) is 13.5. The number of nitrogens with zero attached hydrogens (tertiary/aromatic N) is 3. The van der Waals surface area contributed by atoms with Gasteiger partial charge in [0.1, 0.15) is 0 Å². The van der Waals surface area contributed by atoms with Crippen LogP contribution in [0.15, 0.2) is 0 Å². The van der Waals surface area contributed by atoms with Gasteiger partial charge in [-0.05, 0) is 12.8 Å². The number of primary amides is 1. The third-order valence-corrected chi connectivity index (χ3v) is 6.53. The Morgan fingerprint density at radius 1 is 1.14 bits per heavy atom. The van der Waals surface area contributed by atoms with Gasteiger partial charge in [0.25, 0.3) is 10.2 Å². The topological polar surface area (TPSA) is 87.0 Å². The second-order valence-electron chi connectivity index (χ2n) is 5.96. The number of carbonyl (C=O) groups excluding carboxylic acids is 1. The fourth-order valence-corrected chi connectivity index (χ4v) is 4.73. The fraction of sp³-hybridized carbons (Fsp3) is 0.923. The third kappa shape index (κ3) is 4.15. The van der Waals surface area contributed by atoms with Crippen molar-refractivity contribution in [1.29, 1.82) is 0 Å². The summed E-state index contributed by atoms with van der Waals surface area (Å²) >= 11 is 0. The number of carbonyl (C=O) groups is 1. The quantitative estimate of drug-likeness (QED) is 0.747. The van der Waals surface area contributed by atoms with Gasteiger partial charge in [-0.1, -0.05) is 19.3 Å². The number of piperazine rings is 1. The van der Waals surface area contributed by atoms with Gasteiger partial charge in [0.15, 0.2) is 0 Å². The highest BCUT2D eigenvalue weighted by molar-refractivity contribution is 7.86. The van der Waals surface area contributed by atoms with Crippen molar-refractivity contribution in [3.8, 4) is 0 Å². The zero-order valence-electron chi connectivity index (χ0n) is 12.7. The number of hydrogen-bond acceptors (Lipinski definition) is 4. The molecule has 21 heavy (non-hydrogen) atoms. The molecule has 2 rings (SSSR count). The van der Waals surface area contributed by atoms with Gasteiger partial charge in [-0.3, -0.25) is 9.69 Å². The highest BCUT2D eigenvalue weighted by Gasteiger charge is 2.34. The second kappa shape index (κ2) is 7.04. The van der Waals surface area contributed by atoms with E-state index >= 15 is 0 Å². The molecule has 1 aliphatic heterocycles. The minimum atomic E-state index is -3.39. The number of rotatable bonds is 5. The zero-order chi connectivity index (χ0) is 15.5. The van der Waals surface area contributed by atoms with Crippen LogP contribution in [0.25, 0.3) is 0 Å². The van der Waals surface area contributed by atoms with Gasteiger partial charge in [-0.15, -0.1) is 0 Å². The van der Waals surface area contributed by atoms with Crippen LogP contribution in [-0.2, 0) is 15.0 Å². The Hall–Kier alpha value is -0.700. The molecule has 0 atom stereocenters. The second-order valence-corrected chi connectivity index (χ2v) is 7.95. The number of amides is 1. The Bertz CT molecular complexity index is 454. The van der Waals surface area contributed by atoms with Gasteiger partial charge < -0.3 is 5.73 Å². The van der Waals surface area contributed by atoms with E-state index in [1.165, 1.54) is 10.7 Å². The van der Waals surface area contributed by atoms with Crippen molar-refractivity contribution in [3.05, 3.63) is 0 Å². The molecule has 122 valence electrons. The van der Waals surface area contributed by atoms with E-state index in [9.17, 15) is 13.2 Å². The first-order valence-corrected chi connectivity index (χ1v) is 9.04. The van der Waals surface area contributed by atoms with E-state index in [1.807, 2.05) is 4.90 Å². The molecule has 0 aromatic carbocycles. The lowest BCUT2D eigenvalue weighted by atomic mass is 9.96. The van der Waals surface area contributed by atoms with Crippen LogP contribution >= 0.6 is 0 Å². The average molecular weight is 318 g/mol. The monoisotopic (exact) mass is 318 g/mol. The highest BCUT2D eigenvalue weighted by Crippen LogP contribution is 2.25. The van der Waals surface area contributed by atoms with E-state index in [-0.39, 0.29) is 18.5 Å². The molecule has 1 saturated carbocycles. The fourth-order valence-electron chi connectivity index (χ4n) is 3.15. The minimum absolute atomic E-state index is 0.132. The van der Waals surface area contributed by atoms with Gasteiger partial charge in [0.05, 0.1) is 6.54 Å². The van der Waals surface area contributed by atoms with Crippen molar-refractivity contribution >= 4 is 16.1 Å². The molecule has 7 nitrogen and oxygen atoms in total. The molecular weight excluding hydrogens is 292 g/mol. The standard InChI is InChI=1S/C13H26N4O3S/c1-15(12-5-3-2-4-6-12)21(19,20)17-9-7-16(8-10-17)11-13(14)18/h12H,2-11H2,1H3,(H2,14,18). The smallest absolute Gasteiger partial charge is 0.282 e. The van der Waals surface area contributed by atoms with Gasteiger partial charge >= 0.3 is 0 Å². The highest BCUT2D eigenvalue weighted by atomic mass is 32.2. The summed E-state index contributed by atoms with van der Waals surface area (Å²) in [5, 5.41) is 0.